The molecule has 3 rings (SSSR count). The van der Waals surface area contributed by atoms with Crippen LogP contribution in [0.25, 0.3) is 0 Å². The summed E-state index contributed by atoms with van der Waals surface area (Å²) < 4.78 is 29.0. The molecule has 2 aliphatic carbocycles. The first-order valence-corrected chi connectivity index (χ1v) is 8.86. The maximum atomic E-state index is 12.3. The van der Waals surface area contributed by atoms with Gasteiger partial charge in [-0.25, -0.2) is 4.72 Å². The Kier molecular flexibility index (Phi) is 3.84. The summed E-state index contributed by atoms with van der Waals surface area (Å²) in [4.78, 5) is 0. The van der Waals surface area contributed by atoms with E-state index >= 15 is 0 Å². The second-order valence-corrected chi connectivity index (χ2v) is 7.60. The Morgan fingerprint density at radius 3 is 2.70 bits per heavy atom. The van der Waals surface area contributed by atoms with Gasteiger partial charge in [-0.1, -0.05) is 31.2 Å². The van der Waals surface area contributed by atoms with Gasteiger partial charge in [0.05, 0.1) is 0 Å². The van der Waals surface area contributed by atoms with E-state index in [1.807, 2.05) is 19.1 Å². The van der Waals surface area contributed by atoms with Crippen LogP contribution in [0.5, 0.6) is 0 Å². The first kappa shape index (κ1) is 14.0. The summed E-state index contributed by atoms with van der Waals surface area (Å²) in [6.07, 6.45) is 3.32. The summed E-state index contributed by atoms with van der Waals surface area (Å²) in [5.41, 5.74) is 2.64. The first-order chi connectivity index (χ1) is 9.60. The zero-order chi connectivity index (χ0) is 14.2. The molecule has 0 saturated heterocycles. The van der Waals surface area contributed by atoms with Gasteiger partial charge in [0, 0.05) is 25.6 Å². The lowest BCUT2D eigenvalue weighted by molar-refractivity contribution is 0.401. The molecular weight excluding hydrogens is 272 g/mol. The molecule has 0 aliphatic heterocycles. The molecule has 0 amide bonds. The molecule has 0 radical (unpaired) electrons. The van der Waals surface area contributed by atoms with Crippen molar-refractivity contribution in [2.75, 3.05) is 19.6 Å². The van der Waals surface area contributed by atoms with E-state index in [0.29, 0.717) is 31.5 Å². The minimum Gasteiger partial charge on any atom is -0.201 e. The molecule has 0 aromatic heterocycles. The summed E-state index contributed by atoms with van der Waals surface area (Å²) in [6, 6.07) is 8.27. The van der Waals surface area contributed by atoms with Crippen LogP contribution in [0.4, 0.5) is 0 Å². The Morgan fingerprint density at radius 2 is 2.05 bits per heavy atom. The zero-order valence-electron chi connectivity index (χ0n) is 11.9. The number of benzene rings is 1. The van der Waals surface area contributed by atoms with E-state index in [4.69, 9.17) is 0 Å². The molecule has 1 saturated carbocycles. The summed E-state index contributed by atoms with van der Waals surface area (Å²) in [5.74, 6) is 0.913. The molecule has 0 heterocycles. The third-order valence-corrected chi connectivity index (χ3v) is 5.94. The van der Waals surface area contributed by atoms with Crippen LogP contribution in [0.3, 0.4) is 0 Å². The number of hydrogen-bond acceptors (Lipinski definition) is 2. The van der Waals surface area contributed by atoms with Gasteiger partial charge in [0.1, 0.15) is 0 Å². The molecular formula is C15H22N2O2S. The fourth-order valence-electron chi connectivity index (χ4n) is 2.83. The van der Waals surface area contributed by atoms with Crippen molar-refractivity contribution in [3.8, 4) is 0 Å². The highest BCUT2D eigenvalue weighted by Crippen LogP contribution is 2.34. The molecule has 110 valence electrons. The summed E-state index contributed by atoms with van der Waals surface area (Å²) in [5, 5.41) is 0. The molecule has 1 atom stereocenters. The lowest BCUT2D eigenvalue weighted by Gasteiger charge is -2.31. The van der Waals surface area contributed by atoms with Crippen LogP contribution in [0.2, 0.25) is 0 Å². The van der Waals surface area contributed by atoms with Gasteiger partial charge in [-0.2, -0.15) is 12.7 Å². The van der Waals surface area contributed by atoms with Crippen LogP contribution in [-0.2, 0) is 16.6 Å². The first-order valence-electron chi connectivity index (χ1n) is 7.42. The second kappa shape index (κ2) is 5.47. The van der Waals surface area contributed by atoms with Crippen molar-refractivity contribution in [3.05, 3.63) is 35.4 Å². The van der Waals surface area contributed by atoms with Crippen LogP contribution in [-0.4, -0.2) is 32.4 Å². The molecule has 1 fully saturated rings. The second-order valence-electron chi connectivity index (χ2n) is 5.85. The van der Waals surface area contributed by atoms with Crippen LogP contribution in [0.15, 0.2) is 24.3 Å². The molecule has 5 heteroatoms. The molecule has 4 nitrogen and oxygen atoms in total. The van der Waals surface area contributed by atoms with Crippen LogP contribution in [0, 0.1) is 5.92 Å². The molecule has 1 aromatic carbocycles. The van der Waals surface area contributed by atoms with Gasteiger partial charge >= 0.3 is 0 Å². The quantitative estimate of drug-likeness (QED) is 0.835. The summed E-state index contributed by atoms with van der Waals surface area (Å²) >= 11 is 0. The Labute approximate surface area is 121 Å². The lowest BCUT2D eigenvalue weighted by Crippen LogP contribution is -2.44. The lowest BCUT2D eigenvalue weighted by atomic mass is 9.78. The molecule has 0 spiro atoms. The van der Waals surface area contributed by atoms with Crippen molar-refractivity contribution in [2.45, 2.75) is 32.1 Å². The number of rotatable bonds is 7. The molecule has 2 aliphatic rings. The van der Waals surface area contributed by atoms with E-state index in [1.165, 1.54) is 24.0 Å². The normalized spacial score (nSPS) is 21.6. The van der Waals surface area contributed by atoms with Crippen molar-refractivity contribution in [1.82, 2.24) is 9.03 Å². The fraction of sp³-hybridized carbons (Fsp3) is 0.600. The maximum Gasteiger partial charge on any atom is 0.279 e. The minimum absolute atomic E-state index is 0.334. The standard InChI is InChI=1S/C15H22N2O2S/c1-2-17(11-12-7-8-12)20(18,19)16-10-14-9-13-5-3-4-6-15(13)14/h3-6,12,14,16H,2,7-11H2,1H3. The van der Waals surface area contributed by atoms with E-state index in [9.17, 15) is 8.42 Å². The summed E-state index contributed by atoms with van der Waals surface area (Å²) in [7, 11) is -3.32. The predicted molar refractivity (Wildman–Crippen MR) is 79.8 cm³/mol. The van der Waals surface area contributed by atoms with Gasteiger partial charge in [0.15, 0.2) is 0 Å². The van der Waals surface area contributed by atoms with Crippen LogP contribution in [0.1, 0.15) is 36.8 Å². The fourth-order valence-corrected chi connectivity index (χ4v) is 4.17. The Hall–Kier alpha value is -0.910. The van der Waals surface area contributed by atoms with Crippen molar-refractivity contribution in [3.63, 3.8) is 0 Å². The van der Waals surface area contributed by atoms with Crippen LogP contribution < -0.4 is 4.72 Å². The van der Waals surface area contributed by atoms with Gasteiger partial charge in [0.2, 0.25) is 0 Å². The molecule has 1 aromatic rings. The van der Waals surface area contributed by atoms with Crippen molar-refractivity contribution in [1.29, 1.82) is 0 Å². The van der Waals surface area contributed by atoms with Crippen LogP contribution >= 0.6 is 0 Å². The number of nitrogens with zero attached hydrogens (tertiary/aromatic N) is 1. The third kappa shape index (κ3) is 2.90. The van der Waals surface area contributed by atoms with E-state index in [-0.39, 0.29) is 0 Å². The smallest absolute Gasteiger partial charge is 0.201 e. The molecule has 1 N–H and O–H groups in total. The van der Waals surface area contributed by atoms with Gasteiger partial charge in [0.25, 0.3) is 10.2 Å². The topological polar surface area (TPSA) is 49.4 Å². The highest BCUT2D eigenvalue weighted by Gasteiger charge is 2.31. The molecule has 1 unspecified atom stereocenters. The van der Waals surface area contributed by atoms with Gasteiger partial charge in [-0.05, 0) is 36.3 Å². The average molecular weight is 294 g/mol. The maximum absolute atomic E-state index is 12.3. The van der Waals surface area contributed by atoms with E-state index in [0.717, 1.165) is 6.42 Å². The van der Waals surface area contributed by atoms with Crippen molar-refractivity contribution in [2.24, 2.45) is 5.92 Å². The Balaban J connectivity index is 1.57. The van der Waals surface area contributed by atoms with Gasteiger partial charge in [-0.15, -0.1) is 0 Å². The zero-order valence-corrected chi connectivity index (χ0v) is 12.7. The predicted octanol–water partition coefficient (Wildman–Crippen LogP) is 1.89. The number of nitrogens with one attached hydrogen (secondary N) is 1. The monoisotopic (exact) mass is 294 g/mol. The Morgan fingerprint density at radius 1 is 1.30 bits per heavy atom. The molecule has 0 bridgehead atoms. The Bertz CT molecular complexity index is 581. The SMILES string of the molecule is CCN(CC1CC1)S(=O)(=O)NCC1Cc2ccccc21. The average Bonchev–Trinajstić information content (AvgIpc) is 3.20. The number of hydrogen-bond donors (Lipinski definition) is 1. The number of fused-ring (bicyclic) bond motifs is 1. The van der Waals surface area contributed by atoms with E-state index in [2.05, 4.69) is 16.9 Å². The van der Waals surface area contributed by atoms with E-state index < -0.39 is 10.2 Å². The largest absolute Gasteiger partial charge is 0.279 e. The summed E-state index contributed by atoms with van der Waals surface area (Å²) in [6.45, 7) is 3.64. The third-order valence-electron chi connectivity index (χ3n) is 4.32. The molecule has 20 heavy (non-hydrogen) atoms. The van der Waals surface area contributed by atoms with Gasteiger partial charge in [-0.3, -0.25) is 0 Å². The van der Waals surface area contributed by atoms with Crippen molar-refractivity contribution >= 4 is 10.2 Å². The highest BCUT2D eigenvalue weighted by atomic mass is 32.2. The van der Waals surface area contributed by atoms with Gasteiger partial charge < -0.3 is 0 Å². The minimum atomic E-state index is -3.32. The van der Waals surface area contributed by atoms with Crippen molar-refractivity contribution < 1.29 is 8.42 Å². The van der Waals surface area contributed by atoms with E-state index in [1.54, 1.807) is 4.31 Å². The highest BCUT2D eigenvalue weighted by molar-refractivity contribution is 7.87.